The highest BCUT2D eigenvalue weighted by Gasteiger charge is 2.21. The number of carbonyl (C=O) groups is 2. The quantitative estimate of drug-likeness (QED) is 0.617. The molecule has 0 saturated carbocycles. The molecule has 6 heteroatoms. The molecular formula is C20H28N2O4. The minimum atomic E-state index is -0.164. The van der Waals surface area contributed by atoms with Gasteiger partial charge in [0.25, 0.3) is 5.91 Å². The maximum atomic E-state index is 12.8. The second-order valence-corrected chi connectivity index (χ2v) is 6.36. The molecule has 2 heterocycles. The number of furan rings is 2. The van der Waals surface area contributed by atoms with Crippen LogP contribution in [0.2, 0.25) is 0 Å². The Morgan fingerprint density at radius 3 is 2.62 bits per heavy atom. The van der Waals surface area contributed by atoms with E-state index in [1.807, 2.05) is 6.07 Å². The molecule has 2 amide bonds. The minimum absolute atomic E-state index is 0.0392. The summed E-state index contributed by atoms with van der Waals surface area (Å²) in [5.41, 5.74) is 0.511. The minimum Gasteiger partial charge on any atom is -0.469 e. The Kier molecular flexibility index (Phi) is 7.99. The SMILES string of the molecule is CCCCCCNC(=O)CCN(Cc1ccco1)C(=O)c1ccoc1C. The van der Waals surface area contributed by atoms with Gasteiger partial charge < -0.3 is 19.1 Å². The third-order valence-corrected chi connectivity index (χ3v) is 4.26. The normalized spacial score (nSPS) is 10.7. The molecule has 1 N–H and O–H groups in total. The zero-order valence-electron chi connectivity index (χ0n) is 15.6. The van der Waals surface area contributed by atoms with Gasteiger partial charge in [-0.15, -0.1) is 0 Å². The molecule has 6 nitrogen and oxygen atoms in total. The molecule has 0 unspecified atom stereocenters. The fourth-order valence-electron chi connectivity index (χ4n) is 2.72. The average Bonchev–Trinajstić information content (AvgIpc) is 3.29. The predicted octanol–water partition coefficient (Wildman–Crippen LogP) is 3.91. The van der Waals surface area contributed by atoms with E-state index in [2.05, 4.69) is 12.2 Å². The Hall–Kier alpha value is -2.50. The van der Waals surface area contributed by atoms with Crippen LogP contribution in [0.3, 0.4) is 0 Å². The molecule has 0 aliphatic heterocycles. The predicted molar refractivity (Wildman–Crippen MR) is 98.7 cm³/mol. The zero-order valence-corrected chi connectivity index (χ0v) is 15.6. The number of hydrogen-bond acceptors (Lipinski definition) is 4. The van der Waals surface area contributed by atoms with Crippen LogP contribution in [-0.4, -0.2) is 29.8 Å². The van der Waals surface area contributed by atoms with Gasteiger partial charge in [-0.3, -0.25) is 9.59 Å². The second-order valence-electron chi connectivity index (χ2n) is 6.36. The topological polar surface area (TPSA) is 75.7 Å². The highest BCUT2D eigenvalue weighted by Crippen LogP contribution is 2.15. The first-order valence-electron chi connectivity index (χ1n) is 9.24. The highest BCUT2D eigenvalue weighted by atomic mass is 16.3. The van der Waals surface area contributed by atoms with E-state index in [-0.39, 0.29) is 18.2 Å². The van der Waals surface area contributed by atoms with E-state index < -0.39 is 0 Å². The number of rotatable bonds is 11. The summed E-state index contributed by atoms with van der Waals surface area (Å²) in [6.07, 6.45) is 7.80. The third-order valence-electron chi connectivity index (χ3n) is 4.26. The first-order chi connectivity index (χ1) is 12.6. The summed E-state index contributed by atoms with van der Waals surface area (Å²) >= 11 is 0. The van der Waals surface area contributed by atoms with Crippen LogP contribution in [0.15, 0.2) is 39.6 Å². The van der Waals surface area contributed by atoms with Crippen LogP contribution >= 0.6 is 0 Å². The lowest BCUT2D eigenvalue weighted by Gasteiger charge is -2.21. The van der Waals surface area contributed by atoms with E-state index in [0.717, 1.165) is 12.8 Å². The van der Waals surface area contributed by atoms with Gasteiger partial charge in [-0.1, -0.05) is 26.2 Å². The smallest absolute Gasteiger partial charge is 0.257 e. The van der Waals surface area contributed by atoms with Crippen molar-refractivity contribution < 1.29 is 18.4 Å². The van der Waals surface area contributed by atoms with E-state index in [4.69, 9.17) is 8.83 Å². The standard InChI is InChI=1S/C20H28N2O4/c1-3-4-5-6-11-21-19(23)9-12-22(15-17-8-7-13-26-17)20(24)18-10-14-25-16(18)2/h7-8,10,13-14H,3-6,9,11-12,15H2,1-2H3,(H,21,23). The molecule has 0 aliphatic rings. The van der Waals surface area contributed by atoms with E-state index in [9.17, 15) is 9.59 Å². The summed E-state index contributed by atoms with van der Waals surface area (Å²) in [6, 6.07) is 5.25. The number of unbranched alkanes of at least 4 members (excludes halogenated alkanes) is 3. The van der Waals surface area contributed by atoms with Crippen LogP contribution in [0.1, 0.15) is 60.9 Å². The first-order valence-corrected chi connectivity index (χ1v) is 9.24. The number of nitrogens with zero attached hydrogens (tertiary/aromatic N) is 1. The molecular weight excluding hydrogens is 332 g/mol. The van der Waals surface area contributed by atoms with Gasteiger partial charge in [0.1, 0.15) is 11.5 Å². The summed E-state index contributed by atoms with van der Waals surface area (Å²) in [6.45, 7) is 5.24. The molecule has 0 bridgehead atoms. The third kappa shape index (κ3) is 6.10. The lowest BCUT2D eigenvalue weighted by atomic mass is 10.2. The Morgan fingerprint density at radius 2 is 1.96 bits per heavy atom. The fourth-order valence-corrected chi connectivity index (χ4v) is 2.72. The molecule has 0 atom stereocenters. The summed E-state index contributed by atoms with van der Waals surface area (Å²) in [5.74, 6) is 1.05. The van der Waals surface area contributed by atoms with Crippen molar-refractivity contribution in [3.05, 3.63) is 47.8 Å². The molecule has 2 aromatic rings. The number of hydrogen-bond donors (Lipinski definition) is 1. The van der Waals surface area contributed by atoms with Crippen molar-refractivity contribution in [2.24, 2.45) is 0 Å². The van der Waals surface area contributed by atoms with E-state index >= 15 is 0 Å². The van der Waals surface area contributed by atoms with Crippen molar-refractivity contribution >= 4 is 11.8 Å². The molecule has 2 rings (SSSR count). The van der Waals surface area contributed by atoms with Crippen LogP contribution in [0.5, 0.6) is 0 Å². The monoisotopic (exact) mass is 360 g/mol. The van der Waals surface area contributed by atoms with Crippen LogP contribution < -0.4 is 5.32 Å². The van der Waals surface area contributed by atoms with Gasteiger partial charge in [-0.05, 0) is 31.5 Å². The van der Waals surface area contributed by atoms with Crippen LogP contribution in [-0.2, 0) is 11.3 Å². The number of carbonyl (C=O) groups excluding carboxylic acids is 2. The summed E-state index contributed by atoms with van der Waals surface area (Å²) in [7, 11) is 0. The molecule has 26 heavy (non-hydrogen) atoms. The van der Waals surface area contributed by atoms with Crippen LogP contribution in [0.4, 0.5) is 0 Å². The summed E-state index contributed by atoms with van der Waals surface area (Å²) in [4.78, 5) is 26.5. The Morgan fingerprint density at radius 1 is 1.12 bits per heavy atom. The van der Waals surface area contributed by atoms with Crippen molar-refractivity contribution in [2.75, 3.05) is 13.1 Å². The van der Waals surface area contributed by atoms with E-state index in [1.165, 1.54) is 19.1 Å². The fraction of sp³-hybridized carbons (Fsp3) is 0.500. The summed E-state index contributed by atoms with van der Waals surface area (Å²) in [5, 5.41) is 2.92. The van der Waals surface area contributed by atoms with Gasteiger partial charge in [0.15, 0.2) is 0 Å². The molecule has 0 aliphatic carbocycles. The molecule has 0 spiro atoms. The summed E-state index contributed by atoms with van der Waals surface area (Å²) < 4.78 is 10.6. The van der Waals surface area contributed by atoms with Crippen molar-refractivity contribution in [1.82, 2.24) is 10.2 Å². The second kappa shape index (κ2) is 10.5. The number of amides is 2. The lowest BCUT2D eigenvalue weighted by molar-refractivity contribution is -0.121. The molecule has 0 aromatic carbocycles. The highest BCUT2D eigenvalue weighted by molar-refractivity contribution is 5.95. The van der Waals surface area contributed by atoms with Gasteiger partial charge in [0.2, 0.25) is 5.91 Å². The van der Waals surface area contributed by atoms with Crippen LogP contribution in [0, 0.1) is 6.92 Å². The number of nitrogens with one attached hydrogen (secondary N) is 1. The van der Waals surface area contributed by atoms with Crippen molar-refractivity contribution in [2.45, 2.75) is 52.5 Å². The zero-order chi connectivity index (χ0) is 18.8. The molecule has 0 radical (unpaired) electrons. The molecule has 2 aromatic heterocycles. The maximum Gasteiger partial charge on any atom is 0.257 e. The molecule has 0 fully saturated rings. The van der Waals surface area contributed by atoms with Gasteiger partial charge in [0.05, 0.1) is 24.6 Å². The first kappa shape index (κ1) is 19.8. The van der Waals surface area contributed by atoms with Crippen molar-refractivity contribution in [3.63, 3.8) is 0 Å². The average molecular weight is 360 g/mol. The van der Waals surface area contributed by atoms with Gasteiger partial charge in [-0.25, -0.2) is 0 Å². The Labute approximate surface area is 154 Å². The van der Waals surface area contributed by atoms with Crippen LogP contribution in [0.25, 0.3) is 0 Å². The van der Waals surface area contributed by atoms with Gasteiger partial charge in [0, 0.05) is 19.5 Å². The lowest BCUT2D eigenvalue weighted by Crippen LogP contribution is -2.35. The van der Waals surface area contributed by atoms with Gasteiger partial charge >= 0.3 is 0 Å². The van der Waals surface area contributed by atoms with Gasteiger partial charge in [-0.2, -0.15) is 0 Å². The number of aryl methyl sites for hydroxylation is 1. The van der Waals surface area contributed by atoms with Crippen molar-refractivity contribution in [3.8, 4) is 0 Å². The molecule has 0 saturated heterocycles. The van der Waals surface area contributed by atoms with Crippen molar-refractivity contribution in [1.29, 1.82) is 0 Å². The van der Waals surface area contributed by atoms with E-state index in [1.54, 1.807) is 30.2 Å². The van der Waals surface area contributed by atoms with E-state index in [0.29, 0.717) is 36.7 Å². The maximum absolute atomic E-state index is 12.8. The largest absolute Gasteiger partial charge is 0.469 e. The Balaban J connectivity index is 1.89. The Bertz CT molecular complexity index is 676. The molecule has 142 valence electrons.